The second-order valence-corrected chi connectivity index (χ2v) is 7.36. The highest BCUT2D eigenvalue weighted by Gasteiger charge is 2.40. The first kappa shape index (κ1) is 18.5. The number of fused-ring (bicyclic) bond motifs is 1. The van der Waals surface area contributed by atoms with E-state index in [4.69, 9.17) is 4.74 Å². The van der Waals surface area contributed by atoms with Gasteiger partial charge in [-0.15, -0.1) is 0 Å². The molecule has 1 saturated heterocycles. The van der Waals surface area contributed by atoms with Gasteiger partial charge in [-0.25, -0.2) is 14.8 Å². The number of nitrogens with zero attached hydrogens (tertiary/aromatic N) is 4. The zero-order valence-electron chi connectivity index (χ0n) is 14.9. The first-order valence-corrected chi connectivity index (χ1v) is 8.44. The smallest absolute Gasteiger partial charge is 0.444 e. The molecular weight excluding hydrogens is 349 g/mol. The van der Waals surface area contributed by atoms with Gasteiger partial charge in [0.1, 0.15) is 11.1 Å². The fraction of sp³-hybridized carbons (Fsp3) is 0.588. The maximum Gasteiger partial charge on any atom is 0.449 e. The van der Waals surface area contributed by atoms with Gasteiger partial charge in [0.2, 0.25) is 5.82 Å². The SMILES string of the molecule is CC(C)(C)OC(=O)N1CCC[C@H]1Cn1c(C(F)(F)F)nc2cccnc21. The van der Waals surface area contributed by atoms with Gasteiger partial charge in [0, 0.05) is 19.3 Å². The molecular formula is C17H21F3N4O2. The van der Waals surface area contributed by atoms with Crippen LogP contribution < -0.4 is 0 Å². The quantitative estimate of drug-likeness (QED) is 0.806. The third-order valence-corrected chi connectivity index (χ3v) is 4.16. The van der Waals surface area contributed by atoms with Gasteiger partial charge in [0.05, 0.1) is 6.04 Å². The summed E-state index contributed by atoms with van der Waals surface area (Å²) in [5.41, 5.74) is -0.317. The zero-order chi connectivity index (χ0) is 19.1. The number of pyridine rings is 1. The lowest BCUT2D eigenvalue weighted by Crippen LogP contribution is -2.41. The van der Waals surface area contributed by atoms with Gasteiger partial charge in [-0.2, -0.15) is 13.2 Å². The summed E-state index contributed by atoms with van der Waals surface area (Å²) >= 11 is 0. The van der Waals surface area contributed by atoms with Gasteiger partial charge in [-0.1, -0.05) is 0 Å². The van der Waals surface area contributed by atoms with E-state index in [9.17, 15) is 18.0 Å². The van der Waals surface area contributed by atoms with Crippen molar-refractivity contribution < 1.29 is 22.7 Å². The Balaban J connectivity index is 1.91. The predicted octanol–water partition coefficient (Wildman–Crippen LogP) is 3.85. The Bertz CT molecular complexity index is 810. The van der Waals surface area contributed by atoms with Gasteiger partial charge in [-0.05, 0) is 45.7 Å². The molecule has 1 atom stereocenters. The maximum atomic E-state index is 13.4. The summed E-state index contributed by atoms with van der Waals surface area (Å²) in [5.74, 6) is -0.998. The molecule has 1 aliphatic heterocycles. The molecule has 9 heteroatoms. The Morgan fingerprint density at radius 3 is 2.73 bits per heavy atom. The fourth-order valence-electron chi connectivity index (χ4n) is 3.15. The number of carbonyl (C=O) groups excluding carboxylic acids is 1. The molecule has 6 nitrogen and oxygen atoms in total. The number of amides is 1. The molecule has 3 heterocycles. The lowest BCUT2D eigenvalue weighted by atomic mass is 10.2. The van der Waals surface area contributed by atoms with Crippen LogP contribution in [0, 0.1) is 0 Å². The molecule has 26 heavy (non-hydrogen) atoms. The van der Waals surface area contributed by atoms with E-state index in [1.54, 1.807) is 26.8 Å². The van der Waals surface area contributed by atoms with Crippen LogP contribution in [0.5, 0.6) is 0 Å². The van der Waals surface area contributed by atoms with E-state index < -0.39 is 29.7 Å². The third-order valence-electron chi connectivity index (χ3n) is 4.16. The Morgan fingerprint density at radius 2 is 2.08 bits per heavy atom. The van der Waals surface area contributed by atoms with Gasteiger partial charge in [-0.3, -0.25) is 0 Å². The van der Waals surface area contributed by atoms with Crippen molar-refractivity contribution in [2.75, 3.05) is 6.54 Å². The van der Waals surface area contributed by atoms with Crippen LogP contribution in [0.1, 0.15) is 39.4 Å². The molecule has 142 valence electrons. The van der Waals surface area contributed by atoms with Crippen LogP contribution in [-0.2, 0) is 17.5 Å². The largest absolute Gasteiger partial charge is 0.449 e. The highest BCUT2D eigenvalue weighted by atomic mass is 19.4. The van der Waals surface area contributed by atoms with Crippen LogP contribution in [-0.4, -0.2) is 43.7 Å². The molecule has 3 rings (SSSR count). The second kappa shape index (κ2) is 6.44. The van der Waals surface area contributed by atoms with Crippen LogP contribution in [0.4, 0.5) is 18.0 Å². The number of imidazole rings is 1. The Labute approximate surface area is 149 Å². The topological polar surface area (TPSA) is 60.2 Å². The number of rotatable bonds is 2. The van der Waals surface area contributed by atoms with Crippen molar-refractivity contribution in [3.63, 3.8) is 0 Å². The number of aromatic nitrogens is 3. The Kier molecular flexibility index (Phi) is 4.58. The van der Waals surface area contributed by atoms with Crippen molar-refractivity contribution in [1.82, 2.24) is 19.4 Å². The zero-order valence-corrected chi connectivity index (χ0v) is 14.9. The van der Waals surface area contributed by atoms with E-state index in [1.807, 2.05) is 0 Å². The lowest BCUT2D eigenvalue weighted by Gasteiger charge is -2.29. The van der Waals surface area contributed by atoms with E-state index in [2.05, 4.69) is 9.97 Å². The summed E-state index contributed by atoms with van der Waals surface area (Å²) in [5, 5.41) is 0. The molecule has 2 aromatic heterocycles. The molecule has 1 amide bonds. The number of alkyl halides is 3. The highest BCUT2D eigenvalue weighted by molar-refractivity contribution is 5.71. The van der Waals surface area contributed by atoms with E-state index in [0.717, 1.165) is 4.57 Å². The summed E-state index contributed by atoms with van der Waals surface area (Å²) < 4.78 is 46.7. The van der Waals surface area contributed by atoms with E-state index in [0.29, 0.717) is 19.4 Å². The van der Waals surface area contributed by atoms with Crippen LogP contribution in [0.2, 0.25) is 0 Å². The number of likely N-dealkylation sites (tertiary alicyclic amines) is 1. The molecule has 0 spiro atoms. The van der Waals surface area contributed by atoms with Crippen LogP contribution in [0.15, 0.2) is 18.3 Å². The van der Waals surface area contributed by atoms with Crippen molar-refractivity contribution in [2.45, 2.75) is 58.0 Å². The average Bonchev–Trinajstić information content (AvgIpc) is 3.11. The van der Waals surface area contributed by atoms with Crippen molar-refractivity contribution in [3.8, 4) is 0 Å². The number of ether oxygens (including phenoxy) is 1. The number of carbonyl (C=O) groups is 1. The first-order chi connectivity index (χ1) is 12.1. The molecule has 0 unspecified atom stereocenters. The van der Waals surface area contributed by atoms with Gasteiger partial charge < -0.3 is 14.2 Å². The van der Waals surface area contributed by atoms with Crippen LogP contribution >= 0.6 is 0 Å². The van der Waals surface area contributed by atoms with E-state index in [-0.39, 0.29) is 17.7 Å². The highest BCUT2D eigenvalue weighted by Crippen LogP contribution is 2.32. The predicted molar refractivity (Wildman–Crippen MR) is 88.5 cm³/mol. The minimum absolute atomic E-state index is 0.0262. The fourth-order valence-corrected chi connectivity index (χ4v) is 3.15. The average molecular weight is 370 g/mol. The summed E-state index contributed by atoms with van der Waals surface area (Å²) in [4.78, 5) is 21.6. The molecule has 0 radical (unpaired) electrons. The lowest BCUT2D eigenvalue weighted by molar-refractivity contribution is -0.147. The molecule has 0 aromatic carbocycles. The standard InChI is InChI=1S/C17H21F3N4O2/c1-16(2,3)26-15(25)23-9-5-6-11(23)10-24-13-12(7-4-8-21-13)22-14(24)17(18,19)20/h4,7-8,11H,5-6,9-10H2,1-3H3/t11-/m0/s1. The van der Waals surface area contributed by atoms with Crippen LogP contribution in [0.3, 0.4) is 0 Å². The molecule has 2 aromatic rings. The molecule has 1 fully saturated rings. The molecule has 1 aliphatic rings. The van der Waals surface area contributed by atoms with E-state index >= 15 is 0 Å². The molecule has 0 aliphatic carbocycles. The first-order valence-electron chi connectivity index (χ1n) is 8.44. The molecule has 0 N–H and O–H groups in total. The van der Waals surface area contributed by atoms with Crippen molar-refractivity contribution >= 4 is 17.3 Å². The van der Waals surface area contributed by atoms with Gasteiger partial charge in [0.15, 0.2) is 5.65 Å². The summed E-state index contributed by atoms with van der Waals surface area (Å²) in [6.07, 6.45) is -2.36. The molecule has 0 saturated carbocycles. The third kappa shape index (κ3) is 3.76. The van der Waals surface area contributed by atoms with Crippen molar-refractivity contribution in [3.05, 3.63) is 24.2 Å². The monoisotopic (exact) mass is 370 g/mol. The number of hydrogen-bond donors (Lipinski definition) is 0. The van der Waals surface area contributed by atoms with Gasteiger partial charge in [0.25, 0.3) is 0 Å². The van der Waals surface area contributed by atoms with Crippen molar-refractivity contribution in [2.24, 2.45) is 0 Å². The molecule has 0 bridgehead atoms. The normalized spacial score (nSPS) is 18.5. The minimum atomic E-state index is -4.60. The summed E-state index contributed by atoms with van der Waals surface area (Å²) in [7, 11) is 0. The van der Waals surface area contributed by atoms with Gasteiger partial charge >= 0.3 is 12.3 Å². The Hall–Kier alpha value is -2.32. The minimum Gasteiger partial charge on any atom is -0.444 e. The Morgan fingerprint density at radius 1 is 1.35 bits per heavy atom. The van der Waals surface area contributed by atoms with E-state index in [1.165, 1.54) is 17.2 Å². The number of halogens is 3. The summed E-state index contributed by atoms with van der Waals surface area (Å²) in [6.45, 7) is 5.70. The summed E-state index contributed by atoms with van der Waals surface area (Å²) in [6, 6.07) is 2.64. The van der Waals surface area contributed by atoms with Crippen LogP contribution in [0.25, 0.3) is 11.2 Å². The van der Waals surface area contributed by atoms with Crippen molar-refractivity contribution in [1.29, 1.82) is 0 Å². The number of hydrogen-bond acceptors (Lipinski definition) is 4. The maximum absolute atomic E-state index is 13.4. The second-order valence-electron chi connectivity index (χ2n) is 7.36.